The minimum Gasteiger partial charge on any atom is -0.358 e. The van der Waals surface area contributed by atoms with Gasteiger partial charge < -0.3 is 20.0 Å². The van der Waals surface area contributed by atoms with Gasteiger partial charge in [-0.05, 0) is 53.8 Å². The normalized spacial score (nSPS) is 28.5. The number of amides is 1. The summed E-state index contributed by atoms with van der Waals surface area (Å²) in [7, 11) is 0. The van der Waals surface area contributed by atoms with Gasteiger partial charge in [-0.3, -0.25) is 4.79 Å². The lowest BCUT2D eigenvalue weighted by Crippen LogP contribution is -2.41. The summed E-state index contributed by atoms with van der Waals surface area (Å²) in [6.45, 7) is 2.14. The Morgan fingerprint density at radius 3 is 2.95 bits per heavy atom. The van der Waals surface area contributed by atoms with Crippen LogP contribution in [0.25, 0.3) is 0 Å². The zero-order valence-electron chi connectivity index (χ0n) is 12.1. The smallest absolute Gasteiger partial charge is 0.358 e. The number of nitrogens with one attached hydrogen (secondary N) is 1. The minimum atomic E-state index is -0.563. The molecule has 1 aromatic heterocycles. The van der Waals surface area contributed by atoms with Crippen LogP contribution in [0.3, 0.4) is 0 Å². The van der Waals surface area contributed by atoms with Gasteiger partial charge in [0.1, 0.15) is 12.7 Å². The van der Waals surface area contributed by atoms with E-state index in [4.69, 9.17) is 0 Å². The van der Waals surface area contributed by atoms with Crippen molar-refractivity contribution in [1.29, 1.82) is 0 Å². The van der Waals surface area contributed by atoms with Gasteiger partial charge in [0.25, 0.3) is 0 Å². The molecule has 2 bridgehead atoms. The van der Waals surface area contributed by atoms with Crippen LogP contribution in [0, 0.1) is 27.9 Å². The predicted octanol–water partition coefficient (Wildman–Crippen LogP) is 1.73. The largest absolute Gasteiger partial charge is 0.381 e. The third-order valence-electron chi connectivity index (χ3n) is 4.96. The first-order chi connectivity index (χ1) is 10.0. The van der Waals surface area contributed by atoms with Crippen molar-refractivity contribution in [3.05, 3.63) is 22.6 Å². The summed E-state index contributed by atoms with van der Waals surface area (Å²) < 4.78 is 1.45. The average Bonchev–Trinajstić information content (AvgIpc) is 3.13. The summed E-state index contributed by atoms with van der Waals surface area (Å²) in [5, 5.41) is 13.6. The Kier molecular flexibility index (Phi) is 3.65. The van der Waals surface area contributed by atoms with Crippen LogP contribution in [0.1, 0.15) is 32.6 Å². The summed E-state index contributed by atoms with van der Waals surface area (Å²) in [4.78, 5) is 25.7. The van der Waals surface area contributed by atoms with E-state index >= 15 is 0 Å². The summed E-state index contributed by atoms with van der Waals surface area (Å²) in [5.74, 6) is 1.86. The summed E-state index contributed by atoms with van der Waals surface area (Å²) in [6.07, 6.45) is 7.78. The maximum absolute atomic E-state index is 12.0. The highest BCUT2D eigenvalue weighted by Crippen LogP contribution is 2.49. The highest BCUT2D eigenvalue weighted by molar-refractivity contribution is 5.76. The molecule has 2 aliphatic rings. The number of rotatable bonds is 5. The fourth-order valence-corrected chi connectivity index (χ4v) is 4.01. The molecule has 21 heavy (non-hydrogen) atoms. The number of imidazole rings is 1. The SMILES string of the molecule is CC(NC(=O)Cn1cnc([N+](=O)[O-])c1)C1CC2CCC1C2. The molecule has 4 atom stereocenters. The summed E-state index contributed by atoms with van der Waals surface area (Å²) >= 11 is 0. The van der Waals surface area contributed by atoms with E-state index in [1.807, 2.05) is 0 Å². The summed E-state index contributed by atoms with van der Waals surface area (Å²) in [5.41, 5.74) is 0. The van der Waals surface area contributed by atoms with Gasteiger partial charge in [0.15, 0.2) is 0 Å². The number of nitrogens with zero attached hydrogens (tertiary/aromatic N) is 3. The van der Waals surface area contributed by atoms with Crippen molar-refractivity contribution in [2.24, 2.45) is 17.8 Å². The van der Waals surface area contributed by atoms with Crippen LogP contribution >= 0.6 is 0 Å². The summed E-state index contributed by atoms with van der Waals surface area (Å²) in [6, 6.07) is 0.173. The topological polar surface area (TPSA) is 90.1 Å². The molecule has 4 unspecified atom stereocenters. The van der Waals surface area contributed by atoms with Crippen molar-refractivity contribution in [1.82, 2.24) is 14.9 Å². The van der Waals surface area contributed by atoms with Gasteiger partial charge in [-0.1, -0.05) is 6.42 Å². The Hall–Kier alpha value is -1.92. The van der Waals surface area contributed by atoms with Gasteiger partial charge >= 0.3 is 5.82 Å². The molecule has 1 amide bonds. The fraction of sp³-hybridized carbons (Fsp3) is 0.714. The molecule has 7 nitrogen and oxygen atoms in total. The molecule has 0 aliphatic heterocycles. The Morgan fingerprint density at radius 1 is 1.57 bits per heavy atom. The van der Waals surface area contributed by atoms with E-state index < -0.39 is 4.92 Å². The van der Waals surface area contributed by atoms with Crippen molar-refractivity contribution in [2.75, 3.05) is 0 Å². The number of nitro groups is 1. The van der Waals surface area contributed by atoms with Gasteiger partial charge in [-0.25, -0.2) is 0 Å². The number of carbonyl (C=O) groups excluding carboxylic acids is 1. The third-order valence-corrected chi connectivity index (χ3v) is 4.96. The minimum absolute atomic E-state index is 0.0754. The van der Waals surface area contributed by atoms with Gasteiger partial charge in [-0.2, -0.15) is 0 Å². The number of fused-ring (bicyclic) bond motifs is 2. The van der Waals surface area contributed by atoms with Crippen molar-refractivity contribution in [3.63, 3.8) is 0 Å². The van der Waals surface area contributed by atoms with Crippen LogP contribution in [0.4, 0.5) is 5.82 Å². The first-order valence-electron chi connectivity index (χ1n) is 7.48. The monoisotopic (exact) mass is 292 g/mol. The highest BCUT2D eigenvalue weighted by atomic mass is 16.6. The molecule has 0 saturated heterocycles. The third kappa shape index (κ3) is 2.91. The predicted molar refractivity (Wildman–Crippen MR) is 75.4 cm³/mol. The Labute approximate surface area is 122 Å². The quantitative estimate of drug-likeness (QED) is 0.661. The van der Waals surface area contributed by atoms with Crippen LogP contribution in [0.15, 0.2) is 12.5 Å². The van der Waals surface area contributed by atoms with E-state index in [1.54, 1.807) is 0 Å². The average molecular weight is 292 g/mol. The van der Waals surface area contributed by atoms with Crippen LogP contribution in [-0.4, -0.2) is 26.4 Å². The van der Waals surface area contributed by atoms with Gasteiger partial charge in [0.2, 0.25) is 12.2 Å². The molecule has 3 rings (SSSR count). The molecule has 2 fully saturated rings. The molecule has 114 valence electrons. The van der Waals surface area contributed by atoms with Crippen LogP contribution < -0.4 is 5.32 Å². The second-order valence-corrected chi connectivity index (χ2v) is 6.36. The number of carbonyl (C=O) groups is 1. The number of hydrogen-bond donors (Lipinski definition) is 1. The lowest BCUT2D eigenvalue weighted by atomic mass is 9.84. The van der Waals surface area contributed by atoms with E-state index in [2.05, 4.69) is 17.2 Å². The zero-order valence-corrected chi connectivity index (χ0v) is 12.1. The van der Waals surface area contributed by atoms with Gasteiger partial charge in [0.05, 0.1) is 0 Å². The molecule has 0 radical (unpaired) electrons. The first kappa shape index (κ1) is 14.0. The van der Waals surface area contributed by atoms with E-state index in [0.717, 1.165) is 11.8 Å². The van der Waals surface area contributed by atoms with Crippen molar-refractivity contribution in [2.45, 2.75) is 45.2 Å². The van der Waals surface area contributed by atoms with Gasteiger partial charge in [0, 0.05) is 6.04 Å². The second-order valence-electron chi connectivity index (χ2n) is 6.36. The Balaban J connectivity index is 1.52. The maximum atomic E-state index is 12.0. The van der Waals surface area contributed by atoms with Gasteiger partial charge in [-0.15, -0.1) is 0 Å². The van der Waals surface area contributed by atoms with Crippen molar-refractivity contribution in [3.8, 4) is 0 Å². The van der Waals surface area contributed by atoms with Crippen LogP contribution in [0.5, 0.6) is 0 Å². The molecule has 0 aromatic carbocycles. The first-order valence-corrected chi connectivity index (χ1v) is 7.48. The molecule has 1 aromatic rings. The van der Waals surface area contributed by atoms with E-state index in [0.29, 0.717) is 5.92 Å². The molecular formula is C14H20N4O3. The zero-order chi connectivity index (χ0) is 15.0. The lowest BCUT2D eigenvalue weighted by molar-refractivity contribution is -0.389. The number of aromatic nitrogens is 2. The second kappa shape index (κ2) is 5.46. The maximum Gasteiger partial charge on any atom is 0.381 e. The van der Waals surface area contributed by atoms with Crippen molar-refractivity contribution >= 4 is 11.7 Å². The molecule has 2 saturated carbocycles. The van der Waals surface area contributed by atoms with E-state index in [1.165, 1.54) is 42.8 Å². The highest BCUT2D eigenvalue weighted by Gasteiger charge is 2.42. The number of hydrogen-bond acceptors (Lipinski definition) is 4. The van der Waals surface area contributed by atoms with E-state index in [9.17, 15) is 14.9 Å². The Bertz CT molecular complexity index is 556. The molecular weight excluding hydrogens is 272 g/mol. The molecule has 1 N–H and O–H groups in total. The molecule has 0 spiro atoms. The Morgan fingerprint density at radius 2 is 2.38 bits per heavy atom. The standard InChI is InChI=1S/C14H20N4O3/c1-9(12-5-10-2-3-11(12)4-10)16-14(19)7-17-6-13(15-8-17)18(20)21/h6,8-12H,2-5,7H2,1H3,(H,16,19). The molecule has 2 aliphatic carbocycles. The van der Waals surface area contributed by atoms with Crippen LogP contribution in [-0.2, 0) is 11.3 Å². The fourth-order valence-electron chi connectivity index (χ4n) is 4.01. The molecule has 1 heterocycles. The lowest BCUT2D eigenvalue weighted by Gasteiger charge is -2.28. The van der Waals surface area contributed by atoms with Crippen LogP contribution in [0.2, 0.25) is 0 Å². The molecule has 7 heteroatoms. The van der Waals surface area contributed by atoms with Crippen molar-refractivity contribution < 1.29 is 9.72 Å². The van der Waals surface area contributed by atoms with E-state index in [-0.39, 0.29) is 24.3 Å².